The van der Waals surface area contributed by atoms with E-state index >= 15 is 0 Å². The maximum Gasteiger partial charge on any atom is 0.329 e. The highest BCUT2D eigenvalue weighted by atomic mass is 32.1. The first-order valence-electron chi connectivity index (χ1n) is 7.07. The van der Waals surface area contributed by atoms with Gasteiger partial charge in [-0.15, -0.1) is 0 Å². The third-order valence-corrected chi connectivity index (χ3v) is 4.87. The van der Waals surface area contributed by atoms with Crippen molar-refractivity contribution in [3.8, 4) is 0 Å². The monoisotopic (exact) mass is 295 g/mol. The zero-order valence-electron chi connectivity index (χ0n) is 11.7. The van der Waals surface area contributed by atoms with Crippen molar-refractivity contribution < 1.29 is 14.7 Å². The number of aliphatic carboxylic acids is 1. The van der Waals surface area contributed by atoms with Gasteiger partial charge in [0.1, 0.15) is 5.54 Å². The lowest BCUT2D eigenvalue weighted by Gasteiger charge is -2.36. The molecule has 0 aliphatic heterocycles. The molecule has 1 amide bonds. The highest BCUT2D eigenvalue weighted by molar-refractivity contribution is 7.07. The van der Waals surface area contributed by atoms with Crippen molar-refractivity contribution in [3.63, 3.8) is 0 Å². The Bertz CT molecular complexity index is 461. The first-order chi connectivity index (χ1) is 9.52. The number of carboxylic acid groups (broad SMARTS) is 1. The van der Waals surface area contributed by atoms with E-state index in [0.717, 1.165) is 18.4 Å². The molecule has 0 atom stereocenters. The molecule has 0 unspecified atom stereocenters. The number of rotatable bonds is 5. The second kappa shape index (κ2) is 6.39. The van der Waals surface area contributed by atoms with Crippen LogP contribution in [0.4, 0.5) is 0 Å². The SMILES string of the molecule is CC1CCC(NC(=O)CCc2ccsc2)(C(=O)O)CC1. The number of nitrogens with one attached hydrogen (secondary N) is 1. The predicted octanol–water partition coefficient (Wildman–Crippen LogP) is 2.83. The van der Waals surface area contributed by atoms with Gasteiger partial charge in [0.25, 0.3) is 0 Å². The highest BCUT2D eigenvalue weighted by Gasteiger charge is 2.42. The molecule has 0 aromatic carbocycles. The molecule has 0 saturated heterocycles. The number of carbonyl (C=O) groups is 2. The molecule has 5 heteroatoms. The summed E-state index contributed by atoms with van der Waals surface area (Å²) in [6.45, 7) is 2.13. The Hall–Kier alpha value is -1.36. The Kier molecular flexibility index (Phi) is 4.81. The minimum absolute atomic E-state index is 0.159. The van der Waals surface area contributed by atoms with Crippen molar-refractivity contribution in [2.45, 2.75) is 51.0 Å². The third kappa shape index (κ3) is 3.60. The first kappa shape index (κ1) is 15.0. The molecule has 110 valence electrons. The summed E-state index contributed by atoms with van der Waals surface area (Å²) in [6.07, 6.45) is 3.80. The molecule has 1 aliphatic carbocycles. The summed E-state index contributed by atoms with van der Waals surface area (Å²) in [4.78, 5) is 23.6. The van der Waals surface area contributed by atoms with Crippen molar-refractivity contribution in [2.75, 3.05) is 0 Å². The van der Waals surface area contributed by atoms with E-state index in [-0.39, 0.29) is 5.91 Å². The largest absolute Gasteiger partial charge is 0.480 e. The number of carbonyl (C=O) groups excluding carboxylic acids is 1. The third-order valence-electron chi connectivity index (χ3n) is 4.14. The van der Waals surface area contributed by atoms with Crippen LogP contribution in [0.2, 0.25) is 0 Å². The van der Waals surface area contributed by atoms with E-state index in [4.69, 9.17) is 0 Å². The number of hydrogen-bond donors (Lipinski definition) is 2. The topological polar surface area (TPSA) is 66.4 Å². The molecule has 0 radical (unpaired) electrons. The van der Waals surface area contributed by atoms with Crippen molar-refractivity contribution >= 4 is 23.2 Å². The molecular formula is C15H21NO3S. The van der Waals surface area contributed by atoms with E-state index in [1.807, 2.05) is 16.8 Å². The van der Waals surface area contributed by atoms with Crippen LogP contribution in [0.25, 0.3) is 0 Å². The zero-order valence-corrected chi connectivity index (χ0v) is 12.5. The van der Waals surface area contributed by atoms with Crippen molar-refractivity contribution in [3.05, 3.63) is 22.4 Å². The van der Waals surface area contributed by atoms with Crippen LogP contribution in [0.1, 0.15) is 44.6 Å². The molecule has 1 aromatic rings. The van der Waals surface area contributed by atoms with E-state index in [1.165, 1.54) is 0 Å². The van der Waals surface area contributed by atoms with Crippen molar-refractivity contribution in [1.29, 1.82) is 0 Å². The fourth-order valence-corrected chi connectivity index (χ4v) is 3.37. The van der Waals surface area contributed by atoms with Gasteiger partial charge in [-0.1, -0.05) is 6.92 Å². The lowest BCUT2D eigenvalue weighted by Crippen LogP contribution is -2.56. The lowest BCUT2D eigenvalue weighted by molar-refractivity contribution is -0.149. The van der Waals surface area contributed by atoms with Crippen LogP contribution in [0, 0.1) is 5.92 Å². The van der Waals surface area contributed by atoms with Gasteiger partial charge in [0.05, 0.1) is 0 Å². The molecule has 1 heterocycles. The fourth-order valence-electron chi connectivity index (χ4n) is 2.67. The minimum Gasteiger partial charge on any atom is -0.480 e. The van der Waals surface area contributed by atoms with Gasteiger partial charge in [-0.05, 0) is 60.4 Å². The Labute approximate surface area is 123 Å². The summed E-state index contributed by atoms with van der Waals surface area (Å²) in [5.74, 6) is -0.508. The summed E-state index contributed by atoms with van der Waals surface area (Å²) in [5, 5.41) is 16.2. The van der Waals surface area contributed by atoms with Gasteiger partial charge < -0.3 is 10.4 Å². The van der Waals surface area contributed by atoms with Crippen molar-refractivity contribution in [1.82, 2.24) is 5.32 Å². The van der Waals surface area contributed by atoms with Gasteiger partial charge in [0.2, 0.25) is 5.91 Å². The molecule has 1 aliphatic rings. The quantitative estimate of drug-likeness (QED) is 0.878. The average Bonchev–Trinajstić information content (AvgIpc) is 2.92. The molecule has 1 aromatic heterocycles. The maximum atomic E-state index is 12.0. The summed E-state index contributed by atoms with van der Waals surface area (Å²) >= 11 is 1.61. The number of hydrogen-bond acceptors (Lipinski definition) is 3. The van der Waals surface area contributed by atoms with Gasteiger partial charge in [-0.3, -0.25) is 4.79 Å². The smallest absolute Gasteiger partial charge is 0.329 e. The van der Waals surface area contributed by atoms with Crippen LogP contribution >= 0.6 is 11.3 Å². The summed E-state index contributed by atoms with van der Waals surface area (Å²) in [6, 6.07) is 1.99. The molecule has 2 N–H and O–H groups in total. The average molecular weight is 295 g/mol. The number of aryl methyl sites for hydroxylation is 1. The Morgan fingerprint density at radius 1 is 1.45 bits per heavy atom. The van der Waals surface area contributed by atoms with Crippen LogP contribution in [0.5, 0.6) is 0 Å². The van der Waals surface area contributed by atoms with Gasteiger partial charge in [-0.25, -0.2) is 4.79 Å². The number of thiophene rings is 1. The van der Waals surface area contributed by atoms with Gasteiger partial charge in [0.15, 0.2) is 0 Å². The molecular weight excluding hydrogens is 274 g/mol. The minimum atomic E-state index is -1.04. The van der Waals surface area contributed by atoms with Crippen LogP contribution < -0.4 is 5.32 Å². The van der Waals surface area contributed by atoms with E-state index < -0.39 is 11.5 Å². The van der Waals surface area contributed by atoms with E-state index in [2.05, 4.69) is 12.2 Å². The molecule has 0 spiro atoms. The molecule has 1 fully saturated rings. The molecule has 0 bridgehead atoms. The van der Waals surface area contributed by atoms with Gasteiger partial charge in [-0.2, -0.15) is 11.3 Å². The second-order valence-corrected chi connectivity index (χ2v) is 6.53. The zero-order chi connectivity index (χ0) is 14.6. The molecule has 2 rings (SSSR count). The molecule has 4 nitrogen and oxygen atoms in total. The summed E-state index contributed by atoms with van der Waals surface area (Å²) in [5.41, 5.74) is 0.0879. The van der Waals surface area contributed by atoms with Crippen LogP contribution in [0.15, 0.2) is 16.8 Å². The Morgan fingerprint density at radius 3 is 2.70 bits per heavy atom. The predicted molar refractivity (Wildman–Crippen MR) is 78.8 cm³/mol. The van der Waals surface area contributed by atoms with Crippen LogP contribution in [-0.4, -0.2) is 22.5 Å². The van der Waals surface area contributed by atoms with E-state index in [0.29, 0.717) is 31.6 Å². The highest BCUT2D eigenvalue weighted by Crippen LogP contribution is 2.32. The van der Waals surface area contributed by atoms with E-state index in [1.54, 1.807) is 11.3 Å². The van der Waals surface area contributed by atoms with Crippen molar-refractivity contribution in [2.24, 2.45) is 5.92 Å². The number of amides is 1. The fraction of sp³-hybridized carbons (Fsp3) is 0.600. The normalized spacial score (nSPS) is 26.1. The summed E-state index contributed by atoms with van der Waals surface area (Å²) < 4.78 is 0. The van der Waals surface area contributed by atoms with E-state index in [9.17, 15) is 14.7 Å². The lowest BCUT2D eigenvalue weighted by atomic mass is 9.77. The molecule has 20 heavy (non-hydrogen) atoms. The maximum absolute atomic E-state index is 12.0. The number of carboxylic acids is 1. The van der Waals surface area contributed by atoms with Crippen LogP contribution in [-0.2, 0) is 16.0 Å². The first-order valence-corrected chi connectivity index (χ1v) is 8.01. The van der Waals surface area contributed by atoms with Gasteiger partial charge in [0, 0.05) is 6.42 Å². The second-order valence-electron chi connectivity index (χ2n) is 5.75. The summed E-state index contributed by atoms with van der Waals surface area (Å²) in [7, 11) is 0. The van der Waals surface area contributed by atoms with Gasteiger partial charge >= 0.3 is 5.97 Å². The Balaban J connectivity index is 1.91. The van der Waals surface area contributed by atoms with Crippen LogP contribution in [0.3, 0.4) is 0 Å². The Morgan fingerprint density at radius 2 is 2.15 bits per heavy atom. The molecule has 1 saturated carbocycles. The standard InChI is InChI=1S/C15H21NO3S/c1-11-4-7-15(8-5-11,14(18)19)16-13(17)3-2-12-6-9-20-10-12/h6,9-11H,2-5,7-8H2,1H3,(H,16,17)(H,18,19).